The molecule has 1 rings (SSSR count). The van der Waals surface area contributed by atoms with Crippen LogP contribution in [0.2, 0.25) is 5.02 Å². The van der Waals surface area contributed by atoms with Gasteiger partial charge in [0, 0.05) is 5.69 Å². The van der Waals surface area contributed by atoms with Crippen molar-refractivity contribution in [1.82, 2.24) is 0 Å². The number of carbonyl (C=O) groups excluding carboxylic acids is 1. The summed E-state index contributed by atoms with van der Waals surface area (Å²) in [6.45, 7) is 2.97. The minimum atomic E-state index is -3.49. The maximum Gasteiger partial charge on any atom is 0.337 e. The zero-order valence-corrected chi connectivity index (χ0v) is 12.5. The summed E-state index contributed by atoms with van der Waals surface area (Å²) in [5.74, 6) is -2.52. The highest BCUT2D eigenvalue weighted by Crippen LogP contribution is 2.21. The summed E-state index contributed by atoms with van der Waals surface area (Å²) in [4.78, 5) is 22.4. The molecule has 0 spiro atoms. The number of aromatic carboxylic acids is 1. The normalized spacial score (nSPS) is 11.4. The van der Waals surface area contributed by atoms with Crippen LogP contribution in [-0.4, -0.2) is 36.4 Å². The van der Waals surface area contributed by atoms with E-state index in [0.29, 0.717) is 0 Å². The van der Waals surface area contributed by atoms with Gasteiger partial charge in [0.15, 0.2) is 9.84 Å². The highest BCUT2D eigenvalue weighted by atomic mass is 35.5. The van der Waals surface area contributed by atoms with Gasteiger partial charge < -0.3 is 10.4 Å². The second kappa shape index (κ2) is 6.23. The molecule has 1 aromatic rings. The molecule has 6 nitrogen and oxygen atoms in total. The molecule has 8 heteroatoms. The van der Waals surface area contributed by atoms with Crippen LogP contribution in [0.1, 0.15) is 24.2 Å². The number of amides is 1. The van der Waals surface area contributed by atoms with E-state index in [1.807, 2.05) is 0 Å². The summed E-state index contributed by atoms with van der Waals surface area (Å²) in [6, 6.07) is 3.83. The second-order valence-electron chi connectivity index (χ2n) is 4.40. The number of carboxylic acid groups (broad SMARTS) is 1. The minimum absolute atomic E-state index is 0.0398. The summed E-state index contributed by atoms with van der Waals surface area (Å²) in [5, 5.41) is 10.5. The third-order valence-corrected chi connectivity index (χ3v) is 4.95. The first-order valence-corrected chi connectivity index (χ1v) is 7.77. The molecule has 20 heavy (non-hydrogen) atoms. The lowest BCUT2D eigenvalue weighted by atomic mass is 10.2. The molecule has 0 heterocycles. The number of anilines is 1. The zero-order valence-electron chi connectivity index (χ0n) is 10.9. The predicted octanol–water partition coefficient (Wildman–Crippen LogP) is 1.80. The average Bonchev–Trinajstić information content (AvgIpc) is 2.26. The number of rotatable bonds is 5. The Morgan fingerprint density at radius 2 is 1.95 bits per heavy atom. The fraction of sp³-hybridized carbons (Fsp3) is 0.333. The molecule has 1 amide bonds. The van der Waals surface area contributed by atoms with E-state index in [0.717, 1.165) is 0 Å². The van der Waals surface area contributed by atoms with Crippen LogP contribution >= 0.6 is 11.6 Å². The predicted molar refractivity (Wildman–Crippen MR) is 76.0 cm³/mol. The lowest BCUT2D eigenvalue weighted by Gasteiger charge is -2.09. The summed E-state index contributed by atoms with van der Waals surface area (Å²) in [6.07, 6.45) is 0. The highest BCUT2D eigenvalue weighted by molar-refractivity contribution is 7.92. The van der Waals surface area contributed by atoms with Crippen LogP contribution in [0, 0.1) is 0 Å². The van der Waals surface area contributed by atoms with Gasteiger partial charge in [0.2, 0.25) is 5.91 Å². The lowest BCUT2D eigenvalue weighted by molar-refractivity contribution is -0.113. The Hall–Kier alpha value is -1.60. The van der Waals surface area contributed by atoms with Gasteiger partial charge in [0.05, 0.1) is 15.8 Å². The van der Waals surface area contributed by atoms with Crippen molar-refractivity contribution in [2.75, 3.05) is 11.1 Å². The van der Waals surface area contributed by atoms with Gasteiger partial charge in [-0.2, -0.15) is 0 Å². The summed E-state index contributed by atoms with van der Waals surface area (Å²) in [5.41, 5.74) is 0.142. The maximum atomic E-state index is 11.6. The molecule has 0 aliphatic carbocycles. The van der Waals surface area contributed by atoms with Crippen molar-refractivity contribution in [2.45, 2.75) is 19.1 Å². The Kier molecular flexibility index (Phi) is 5.13. The Balaban J connectivity index is 2.82. The van der Waals surface area contributed by atoms with E-state index in [9.17, 15) is 18.0 Å². The van der Waals surface area contributed by atoms with Gasteiger partial charge >= 0.3 is 5.97 Å². The molecule has 0 saturated carbocycles. The lowest BCUT2D eigenvalue weighted by Crippen LogP contribution is -2.27. The SMILES string of the molecule is CC(C)S(=O)(=O)CC(=O)Nc1ccc(C(=O)O)c(Cl)c1. The smallest absolute Gasteiger partial charge is 0.337 e. The largest absolute Gasteiger partial charge is 0.478 e. The number of halogens is 1. The number of carbonyl (C=O) groups is 2. The van der Waals surface area contributed by atoms with Gasteiger partial charge in [-0.25, -0.2) is 13.2 Å². The van der Waals surface area contributed by atoms with Crippen molar-refractivity contribution in [3.8, 4) is 0 Å². The van der Waals surface area contributed by atoms with E-state index in [4.69, 9.17) is 16.7 Å². The Labute approximate surface area is 121 Å². The first kappa shape index (κ1) is 16.5. The molecule has 110 valence electrons. The van der Waals surface area contributed by atoms with Crippen LogP contribution in [0.4, 0.5) is 5.69 Å². The van der Waals surface area contributed by atoms with Gasteiger partial charge in [-0.15, -0.1) is 0 Å². The number of carboxylic acids is 1. The van der Waals surface area contributed by atoms with E-state index in [2.05, 4.69) is 5.32 Å². The molecular formula is C12H14ClNO5S. The molecule has 0 aliphatic heterocycles. The molecule has 0 atom stereocenters. The van der Waals surface area contributed by atoms with Crippen molar-refractivity contribution in [3.63, 3.8) is 0 Å². The summed E-state index contributed by atoms with van der Waals surface area (Å²) < 4.78 is 23.2. The molecule has 0 unspecified atom stereocenters. The monoisotopic (exact) mass is 319 g/mol. The molecular weight excluding hydrogens is 306 g/mol. The summed E-state index contributed by atoms with van der Waals surface area (Å²) in [7, 11) is -3.49. The van der Waals surface area contributed by atoms with Crippen molar-refractivity contribution in [1.29, 1.82) is 0 Å². The molecule has 0 radical (unpaired) electrons. The molecule has 1 aromatic carbocycles. The van der Waals surface area contributed by atoms with Crippen molar-refractivity contribution >= 4 is 39.0 Å². The fourth-order valence-electron chi connectivity index (χ4n) is 1.31. The molecule has 0 fully saturated rings. The average molecular weight is 320 g/mol. The summed E-state index contributed by atoms with van der Waals surface area (Å²) >= 11 is 5.74. The Morgan fingerprint density at radius 3 is 2.40 bits per heavy atom. The Bertz CT molecular complexity index is 639. The van der Waals surface area contributed by atoms with Crippen LogP contribution in [0.15, 0.2) is 18.2 Å². The van der Waals surface area contributed by atoms with E-state index < -0.39 is 32.7 Å². The van der Waals surface area contributed by atoms with Crippen molar-refractivity contribution in [2.24, 2.45) is 0 Å². The van der Waals surface area contributed by atoms with Crippen LogP contribution in [-0.2, 0) is 14.6 Å². The van der Waals surface area contributed by atoms with Crippen LogP contribution in [0.3, 0.4) is 0 Å². The minimum Gasteiger partial charge on any atom is -0.478 e. The van der Waals surface area contributed by atoms with Gasteiger partial charge in [0.1, 0.15) is 5.75 Å². The molecule has 0 saturated heterocycles. The number of sulfone groups is 1. The van der Waals surface area contributed by atoms with E-state index in [1.165, 1.54) is 32.0 Å². The van der Waals surface area contributed by atoms with Crippen molar-refractivity contribution in [3.05, 3.63) is 28.8 Å². The van der Waals surface area contributed by atoms with E-state index >= 15 is 0 Å². The highest BCUT2D eigenvalue weighted by Gasteiger charge is 2.21. The van der Waals surface area contributed by atoms with Gasteiger partial charge in [-0.3, -0.25) is 4.79 Å². The van der Waals surface area contributed by atoms with Crippen molar-refractivity contribution < 1.29 is 23.1 Å². The zero-order chi connectivity index (χ0) is 15.5. The number of nitrogens with one attached hydrogen (secondary N) is 1. The number of hydrogen-bond acceptors (Lipinski definition) is 4. The molecule has 0 aromatic heterocycles. The maximum absolute atomic E-state index is 11.6. The topological polar surface area (TPSA) is 101 Å². The van der Waals surface area contributed by atoms with Gasteiger partial charge in [-0.05, 0) is 32.0 Å². The van der Waals surface area contributed by atoms with Gasteiger partial charge in [-0.1, -0.05) is 11.6 Å². The van der Waals surface area contributed by atoms with Crippen LogP contribution < -0.4 is 5.32 Å². The molecule has 2 N–H and O–H groups in total. The quantitative estimate of drug-likeness (QED) is 0.861. The third kappa shape index (κ3) is 4.21. The first-order valence-electron chi connectivity index (χ1n) is 5.67. The van der Waals surface area contributed by atoms with Crippen LogP contribution in [0.5, 0.6) is 0 Å². The van der Waals surface area contributed by atoms with E-state index in [-0.39, 0.29) is 16.3 Å². The standard InChI is InChI=1S/C12H14ClNO5S/c1-7(2)20(18,19)6-11(15)14-8-3-4-9(12(16)17)10(13)5-8/h3-5,7H,6H2,1-2H3,(H,14,15)(H,16,17). The van der Waals surface area contributed by atoms with Gasteiger partial charge in [0.25, 0.3) is 0 Å². The second-order valence-corrected chi connectivity index (χ2v) is 7.37. The molecule has 0 aliphatic rings. The fourth-order valence-corrected chi connectivity index (χ4v) is 2.35. The number of benzene rings is 1. The Morgan fingerprint density at radius 1 is 1.35 bits per heavy atom. The number of hydrogen-bond donors (Lipinski definition) is 2. The van der Waals surface area contributed by atoms with E-state index in [1.54, 1.807) is 0 Å². The van der Waals surface area contributed by atoms with Crippen LogP contribution in [0.25, 0.3) is 0 Å². The first-order chi connectivity index (χ1) is 9.13. The molecule has 0 bridgehead atoms. The third-order valence-electron chi connectivity index (χ3n) is 2.53.